The van der Waals surface area contributed by atoms with E-state index in [-0.39, 0.29) is 49.5 Å². The van der Waals surface area contributed by atoms with Gasteiger partial charge in [-0.2, -0.15) is 0 Å². The highest BCUT2D eigenvalue weighted by Gasteiger charge is 2.33. The van der Waals surface area contributed by atoms with E-state index in [4.69, 9.17) is 9.47 Å². The van der Waals surface area contributed by atoms with Crippen LogP contribution in [0.25, 0.3) is 0 Å². The number of carbonyl (C=O) groups excluding carboxylic acids is 2. The summed E-state index contributed by atoms with van der Waals surface area (Å²) in [6.45, 7) is 4.51. The third-order valence-corrected chi connectivity index (χ3v) is 6.15. The van der Waals surface area contributed by atoms with Gasteiger partial charge in [0, 0.05) is 24.6 Å². The lowest BCUT2D eigenvalue weighted by molar-refractivity contribution is -0.146. The Morgan fingerprint density at radius 2 is 2.00 bits per heavy atom. The molecule has 0 unspecified atom stereocenters. The maximum Gasteiger partial charge on any atom is 0.249 e. The predicted molar refractivity (Wildman–Crippen MR) is 113 cm³/mol. The first-order chi connectivity index (χ1) is 14.4. The highest BCUT2D eigenvalue weighted by atomic mass is 32.1. The van der Waals surface area contributed by atoms with Crippen LogP contribution >= 0.6 is 11.3 Å². The van der Waals surface area contributed by atoms with Crippen LogP contribution in [0.3, 0.4) is 0 Å². The molecule has 0 fully saturated rings. The summed E-state index contributed by atoms with van der Waals surface area (Å²) in [5, 5.41) is 2.02. The number of fused-ring (bicyclic) bond motifs is 1. The van der Waals surface area contributed by atoms with E-state index in [1.165, 1.54) is 29.0 Å². The Hall–Kier alpha value is -2.45. The Kier molecular flexibility index (Phi) is 7.44. The molecule has 6 nitrogen and oxygen atoms in total. The smallest absolute Gasteiger partial charge is 0.249 e. The minimum atomic E-state index is -0.327. The number of halogens is 1. The zero-order valence-electron chi connectivity index (χ0n) is 17.5. The topological polar surface area (TPSA) is 59.1 Å². The van der Waals surface area contributed by atoms with Crippen LogP contribution in [0.2, 0.25) is 0 Å². The molecule has 0 saturated heterocycles. The molecule has 3 rings (SSSR count). The van der Waals surface area contributed by atoms with Crippen molar-refractivity contribution < 1.29 is 23.5 Å². The third-order valence-electron chi connectivity index (χ3n) is 5.15. The molecule has 0 aliphatic carbocycles. The lowest BCUT2D eigenvalue weighted by atomic mass is 10.0. The Morgan fingerprint density at radius 3 is 2.67 bits per heavy atom. The SMILES string of the molecule is COCC(=O)N(CC(=O)N1CCc2sccc2[C@@H]1COc1ccc(F)cc1)C(C)C. The minimum absolute atomic E-state index is 0.00756. The molecule has 1 atom stereocenters. The van der Waals surface area contributed by atoms with Gasteiger partial charge in [-0.3, -0.25) is 9.59 Å². The normalized spacial score (nSPS) is 15.8. The summed E-state index contributed by atoms with van der Waals surface area (Å²) in [6, 6.07) is 7.48. The summed E-state index contributed by atoms with van der Waals surface area (Å²) >= 11 is 1.67. The van der Waals surface area contributed by atoms with Gasteiger partial charge in [0.15, 0.2) is 0 Å². The molecule has 0 spiro atoms. The summed E-state index contributed by atoms with van der Waals surface area (Å²) < 4.78 is 24.0. The summed E-state index contributed by atoms with van der Waals surface area (Å²) in [7, 11) is 1.46. The summed E-state index contributed by atoms with van der Waals surface area (Å²) in [5.74, 6) is -0.123. The van der Waals surface area contributed by atoms with Crippen molar-refractivity contribution in [3.05, 3.63) is 52.0 Å². The summed E-state index contributed by atoms with van der Waals surface area (Å²) in [5.41, 5.74) is 1.07. The second-order valence-corrected chi connectivity index (χ2v) is 8.47. The minimum Gasteiger partial charge on any atom is -0.491 e. The molecular formula is C22H27FN2O4S. The van der Waals surface area contributed by atoms with Gasteiger partial charge < -0.3 is 19.3 Å². The molecule has 0 N–H and O–H groups in total. The number of benzene rings is 1. The lowest BCUT2D eigenvalue weighted by Crippen LogP contribution is -2.50. The van der Waals surface area contributed by atoms with Crippen molar-refractivity contribution in [3.63, 3.8) is 0 Å². The third kappa shape index (κ3) is 5.17. The van der Waals surface area contributed by atoms with Crippen molar-refractivity contribution in [2.45, 2.75) is 32.4 Å². The monoisotopic (exact) mass is 434 g/mol. The fraction of sp³-hybridized carbons (Fsp3) is 0.455. The van der Waals surface area contributed by atoms with Crippen molar-refractivity contribution in [2.24, 2.45) is 0 Å². The second kappa shape index (κ2) is 10.0. The highest BCUT2D eigenvalue weighted by Crippen LogP contribution is 2.34. The number of carbonyl (C=O) groups is 2. The number of thiophene rings is 1. The molecule has 0 bridgehead atoms. The Morgan fingerprint density at radius 1 is 1.27 bits per heavy atom. The van der Waals surface area contributed by atoms with Gasteiger partial charge in [0.05, 0.1) is 6.04 Å². The summed E-state index contributed by atoms with van der Waals surface area (Å²) in [4.78, 5) is 30.1. The number of amides is 2. The van der Waals surface area contributed by atoms with Crippen molar-refractivity contribution >= 4 is 23.2 Å². The molecule has 2 aromatic rings. The van der Waals surface area contributed by atoms with E-state index in [9.17, 15) is 14.0 Å². The largest absolute Gasteiger partial charge is 0.491 e. The van der Waals surface area contributed by atoms with Gasteiger partial charge in [0.2, 0.25) is 11.8 Å². The molecule has 0 saturated carbocycles. The van der Waals surface area contributed by atoms with Gasteiger partial charge in [-0.15, -0.1) is 11.3 Å². The van der Waals surface area contributed by atoms with Crippen LogP contribution in [0.4, 0.5) is 4.39 Å². The van der Waals surface area contributed by atoms with Crippen LogP contribution < -0.4 is 4.74 Å². The molecule has 2 heterocycles. The molecule has 1 aromatic carbocycles. The molecular weight excluding hydrogens is 407 g/mol. The second-order valence-electron chi connectivity index (χ2n) is 7.47. The predicted octanol–water partition coefficient (Wildman–Crippen LogP) is 3.28. The Balaban J connectivity index is 1.76. The number of ether oxygens (including phenoxy) is 2. The molecule has 0 radical (unpaired) electrons. The van der Waals surface area contributed by atoms with Crippen LogP contribution in [0.1, 0.15) is 30.3 Å². The van der Waals surface area contributed by atoms with E-state index in [1.807, 2.05) is 25.3 Å². The van der Waals surface area contributed by atoms with Crippen LogP contribution in [0.5, 0.6) is 5.75 Å². The van der Waals surface area contributed by atoms with Gasteiger partial charge in [-0.05, 0) is 61.5 Å². The zero-order valence-corrected chi connectivity index (χ0v) is 18.3. The zero-order chi connectivity index (χ0) is 21.7. The molecule has 162 valence electrons. The average molecular weight is 435 g/mol. The number of hydrogen-bond donors (Lipinski definition) is 0. The average Bonchev–Trinajstić information content (AvgIpc) is 3.20. The Bertz CT molecular complexity index is 868. The number of nitrogens with zero attached hydrogens (tertiary/aromatic N) is 2. The van der Waals surface area contributed by atoms with Crippen molar-refractivity contribution in [2.75, 3.05) is 33.4 Å². The maximum atomic E-state index is 13.2. The first-order valence-electron chi connectivity index (χ1n) is 9.93. The Labute approximate surface area is 180 Å². The van der Waals surface area contributed by atoms with E-state index >= 15 is 0 Å². The van der Waals surface area contributed by atoms with Crippen molar-refractivity contribution in [1.82, 2.24) is 9.80 Å². The van der Waals surface area contributed by atoms with E-state index < -0.39 is 0 Å². The fourth-order valence-corrected chi connectivity index (χ4v) is 4.51. The van der Waals surface area contributed by atoms with Crippen LogP contribution in [-0.4, -0.2) is 61.1 Å². The molecule has 2 amide bonds. The van der Waals surface area contributed by atoms with Crippen LogP contribution in [-0.2, 0) is 20.7 Å². The quantitative estimate of drug-likeness (QED) is 0.640. The molecule has 8 heteroatoms. The number of rotatable bonds is 8. The molecule has 30 heavy (non-hydrogen) atoms. The van der Waals surface area contributed by atoms with E-state index in [1.54, 1.807) is 28.4 Å². The van der Waals surface area contributed by atoms with E-state index in [2.05, 4.69) is 0 Å². The summed E-state index contributed by atoms with van der Waals surface area (Å²) in [6.07, 6.45) is 0.777. The number of methoxy groups -OCH3 is 1. The lowest BCUT2D eigenvalue weighted by Gasteiger charge is -2.37. The first-order valence-corrected chi connectivity index (χ1v) is 10.8. The van der Waals surface area contributed by atoms with Gasteiger partial charge in [-0.25, -0.2) is 4.39 Å². The van der Waals surface area contributed by atoms with Gasteiger partial charge in [0.1, 0.15) is 31.3 Å². The standard InChI is InChI=1S/C22H27FN2O4S/c1-15(2)25(22(27)14-28-3)12-21(26)24-10-8-20-18(9-11-30-20)19(24)13-29-17-6-4-16(23)5-7-17/h4-7,9,11,15,19H,8,10,12-14H2,1-3H3/t19-/m0/s1. The van der Waals surface area contributed by atoms with Gasteiger partial charge in [0.25, 0.3) is 0 Å². The van der Waals surface area contributed by atoms with E-state index in [0.29, 0.717) is 12.3 Å². The van der Waals surface area contributed by atoms with Crippen LogP contribution in [0.15, 0.2) is 35.7 Å². The van der Waals surface area contributed by atoms with E-state index in [0.717, 1.165) is 12.0 Å². The van der Waals surface area contributed by atoms with Gasteiger partial charge in [-0.1, -0.05) is 0 Å². The van der Waals surface area contributed by atoms with Crippen molar-refractivity contribution in [3.8, 4) is 5.75 Å². The number of hydrogen-bond acceptors (Lipinski definition) is 5. The maximum absolute atomic E-state index is 13.2. The molecule has 1 aliphatic heterocycles. The van der Waals surface area contributed by atoms with Crippen LogP contribution in [0, 0.1) is 5.82 Å². The molecule has 1 aromatic heterocycles. The first kappa shape index (κ1) is 22.2. The highest BCUT2D eigenvalue weighted by molar-refractivity contribution is 7.10. The van der Waals surface area contributed by atoms with Gasteiger partial charge >= 0.3 is 0 Å². The fourth-order valence-electron chi connectivity index (χ4n) is 3.58. The van der Waals surface area contributed by atoms with Crippen molar-refractivity contribution in [1.29, 1.82) is 0 Å². The molecule has 1 aliphatic rings.